The summed E-state index contributed by atoms with van der Waals surface area (Å²) in [7, 11) is 0. The Balaban J connectivity index is 1.42. The van der Waals surface area contributed by atoms with E-state index in [0.717, 1.165) is 5.39 Å². The number of non-ortho nitro benzene ring substituents is 1. The number of hydrogen-bond donors (Lipinski definition) is 0. The van der Waals surface area contributed by atoms with Crippen molar-refractivity contribution in [3.63, 3.8) is 0 Å². The second-order valence-corrected chi connectivity index (χ2v) is 6.18. The van der Waals surface area contributed by atoms with Gasteiger partial charge in [-0.15, -0.1) is 10.2 Å². The fourth-order valence-electron chi connectivity index (χ4n) is 2.73. The van der Waals surface area contributed by atoms with Gasteiger partial charge in [0.1, 0.15) is 5.69 Å². The number of para-hydroxylation sites is 1. The van der Waals surface area contributed by atoms with Crippen LogP contribution in [0, 0.1) is 10.1 Å². The molecule has 1 atom stereocenters. The number of nitro benzene ring substituents is 1. The lowest BCUT2D eigenvalue weighted by Gasteiger charge is -2.08. The molecule has 0 aliphatic rings. The molecule has 0 aliphatic heterocycles. The Hall–Kier alpha value is -4.08. The molecule has 10 heteroatoms. The van der Waals surface area contributed by atoms with E-state index in [4.69, 9.17) is 13.7 Å². The molecule has 2 aromatic carbocycles. The lowest BCUT2D eigenvalue weighted by atomic mass is 10.2. The van der Waals surface area contributed by atoms with Crippen molar-refractivity contribution in [1.29, 1.82) is 0 Å². The molecule has 4 rings (SSSR count). The topological polar surface area (TPSA) is 134 Å². The fourth-order valence-corrected chi connectivity index (χ4v) is 2.73. The summed E-state index contributed by atoms with van der Waals surface area (Å²) < 4.78 is 16.1. The molecular formula is C19H14N4O6. The standard InChI is InChI=1S/C19H14N4O6/c1-11(27-17(24)10-15-14-4-2-3-5-16(14)29-22-15)18-20-21-19(28-18)12-6-8-13(9-7-12)23(25)26/h2-9,11H,10H2,1H3/t11-/m1/s1. The van der Waals surface area contributed by atoms with Crippen molar-refractivity contribution in [2.24, 2.45) is 0 Å². The molecule has 0 radical (unpaired) electrons. The van der Waals surface area contributed by atoms with Crippen molar-refractivity contribution >= 4 is 22.6 Å². The van der Waals surface area contributed by atoms with Crippen molar-refractivity contribution in [2.75, 3.05) is 0 Å². The Morgan fingerprint density at radius 2 is 1.93 bits per heavy atom. The number of nitrogens with zero attached hydrogens (tertiary/aromatic N) is 4. The molecule has 0 bridgehead atoms. The summed E-state index contributed by atoms with van der Waals surface area (Å²) in [6.07, 6.45) is -0.843. The molecule has 2 aromatic heterocycles. The number of nitro groups is 1. The summed E-state index contributed by atoms with van der Waals surface area (Å²) >= 11 is 0. The van der Waals surface area contributed by atoms with E-state index >= 15 is 0 Å². The Bertz CT molecular complexity index is 1180. The highest BCUT2D eigenvalue weighted by molar-refractivity contribution is 5.84. The number of esters is 1. The Kier molecular flexibility index (Phi) is 4.73. The average Bonchev–Trinajstić information content (AvgIpc) is 3.36. The molecule has 2 heterocycles. The maximum absolute atomic E-state index is 12.3. The van der Waals surface area contributed by atoms with Gasteiger partial charge in [0.05, 0.1) is 11.3 Å². The summed E-state index contributed by atoms with van der Waals surface area (Å²) in [6.45, 7) is 1.60. The second-order valence-electron chi connectivity index (χ2n) is 6.18. The van der Waals surface area contributed by atoms with Gasteiger partial charge in [-0.3, -0.25) is 14.9 Å². The predicted molar refractivity (Wildman–Crippen MR) is 98.6 cm³/mol. The number of aromatic nitrogens is 3. The van der Waals surface area contributed by atoms with E-state index < -0.39 is 17.0 Å². The second kappa shape index (κ2) is 7.50. The smallest absolute Gasteiger partial charge is 0.312 e. The molecule has 0 fully saturated rings. The first kappa shape index (κ1) is 18.3. The molecule has 4 aromatic rings. The molecule has 146 valence electrons. The lowest BCUT2D eigenvalue weighted by Crippen LogP contribution is -2.12. The minimum Gasteiger partial charge on any atom is -0.452 e. The summed E-state index contributed by atoms with van der Waals surface area (Å²) in [4.78, 5) is 22.5. The van der Waals surface area contributed by atoms with E-state index in [2.05, 4.69) is 15.4 Å². The highest BCUT2D eigenvalue weighted by atomic mass is 16.6. The minimum atomic E-state index is -0.778. The quantitative estimate of drug-likeness (QED) is 0.273. The Labute approximate surface area is 163 Å². The minimum absolute atomic E-state index is 0.0452. The van der Waals surface area contributed by atoms with Crippen LogP contribution in [0.3, 0.4) is 0 Å². The number of carbonyl (C=O) groups is 1. The number of benzene rings is 2. The Morgan fingerprint density at radius 3 is 2.69 bits per heavy atom. The normalized spacial score (nSPS) is 12.0. The van der Waals surface area contributed by atoms with Gasteiger partial charge in [-0.2, -0.15) is 0 Å². The number of fused-ring (bicyclic) bond motifs is 1. The molecular weight excluding hydrogens is 380 g/mol. The average molecular weight is 394 g/mol. The number of hydrogen-bond acceptors (Lipinski definition) is 9. The maximum Gasteiger partial charge on any atom is 0.312 e. The third-order valence-corrected chi connectivity index (χ3v) is 4.19. The van der Waals surface area contributed by atoms with Crippen LogP contribution >= 0.6 is 0 Å². The van der Waals surface area contributed by atoms with E-state index in [1.165, 1.54) is 24.3 Å². The van der Waals surface area contributed by atoms with Crippen molar-refractivity contribution in [3.8, 4) is 11.5 Å². The van der Waals surface area contributed by atoms with E-state index in [-0.39, 0.29) is 23.9 Å². The van der Waals surface area contributed by atoms with E-state index in [0.29, 0.717) is 16.8 Å². The lowest BCUT2D eigenvalue weighted by molar-refractivity contribution is -0.384. The van der Waals surface area contributed by atoms with Crippen molar-refractivity contribution in [1.82, 2.24) is 15.4 Å². The summed E-state index contributed by atoms with van der Waals surface area (Å²) in [5.41, 5.74) is 1.54. The third-order valence-electron chi connectivity index (χ3n) is 4.19. The van der Waals surface area contributed by atoms with Gasteiger partial charge in [0.15, 0.2) is 11.7 Å². The third kappa shape index (κ3) is 3.81. The summed E-state index contributed by atoms with van der Waals surface area (Å²) in [5, 5.41) is 23.2. The molecule has 0 N–H and O–H groups in total. The van der Waals surface area contributed by atoms with Gasteiger partial charge in [-0.1, -0.05) is 17.3 Å². The van der Waals surface area contributed by atoms with Gasteiger partial charge < -0.3 is 13.7 Å². The highest BCUT2D eigenvalue weighted by Crippen LogP contribution is 2.25. The summed E-state index contributed by atoms with van der Waals surface area (Å²) in [6, 6.07) is 12.9. The van der Waals surface area contributed by atoms with Crippen LogP contribution in [0.15, 0.2) is 57.5 Å². The number of carbonyl (C=O) groups excluding carboxylic acids is 1. The zero-order valence-corrected chi connectivity index (χ0v) is 15.1. The largest absolute Gasteiger partial charge is 0.452 e. The first-order chi connectivity index (χ1) is 14.0. The first-order valence-corrected chi connectivity index (χ1v) is 8.62. The van der Waals surface area contributed by atoms with Gasteiger partial charge >= 0.3 is 5.97 Å². The van der Waals surface area contributed by atoms with Crippen LogP contribution in [0.2, 0.25) is 0 Å². The van der Waals surface area contributed by atoms with Crippen LogP contribution in [0.1, 0.15) is 24.6 Å². The van der Waals surface area contributed by atoms with E-state index in [1.807, 2.05) is 18.2 Å². The predicted octanol–water partition coefficient (Wildman–Crippen LogP) is 3.63. The van der Waals surface area contributed by atoms with Gasteiger partial charge in [-0.05, 0) is 31.2 Å². The SMILES string of the molecule is C[C@@H](OC(=O)Cc1noc2ccccc12)c1nnc(-c2ccc([N+](=O)[O-])cc2)o1. The van der Waals surface area contributed by atoms with Gasteiger partial charge in [-0.25, -0.2) is 0 Å². The van der Waals surface area contributed by atoms with Crippen LogP contribution < -0.4 is 0 Å². The van der Waals surface area contributed by atoms with Crippen LogP contribution in [0.25, 0.3) is 22.4 Å². The van der Waals surface area contributed by atoms with Crippen molar-refractivity contribution in [3.05, 3.63) is 70.2 Å². The molecule has 29 heavy (non-hydrogen) atoms. The van der Waals surface area contributed by atoms with Gasteiger partial charge in [0.25, 0.3) is 11.6 Å². The van der Waals surface area contributed by atoms with Crippen LogP contribution in [0.5, 0.6) is 0 Å². The monoisotopic (exact) mass is 394 g/mol. The number of rotatable bonds is 6. The van der Waals surface area contributed by atoms with Crippen LogP contribution in [-0.4, -0.2) is 26.2 Å². The zero-order chi connectivity index (χ0) is 20.4. The van der Waals surface area contributed by atoms with Crippen molar-refractivity contribution < 1.29 is 23.4 Å². The molecule has 0 unspecified atom stereocenters. The summed E-state index contributed by atoms with van der Waals surface area (Å²) in [5.74, 6) is -0.247. The van der Waals surface area contributed by atoms with Crippen molar-refractivity contribution in [2.45, 2.75) is 19.4 Å². The molecule has 0 saturated heterocycles. The molecule has 0 saturated carbocycles. The van der Waals surface area contributed by atoms with Crippen LogP contribution in [0.4, 0.5) is 5.69 Å². The maximum atomic E-state index is 12.3. The first-order valence-electron chi connectivity index (χ1n) is 8.62. The van der Waals surface area contributed by atoms with Crippen LogP contribution in [-0.2, 0) is 16.0 Å². The zero-order valence-electron chi connectivity index (χ0n) is 15.1. The molecule has 0 amide bonds. The Morgan fingerprint density at radius 1 is 1.17 bits per heavy atom. The van der Waals surface area contributed by atoms with E-state index in [1.54, 1.807) is 13.0 Å². The fraction of sp³-hybridized carbons (Fsp3) is 0.158. The molecule has 10 nitrogen and oxygen atoms in total. The molecule has 0 aliphatic carbocycles. The van der Waals surface area contributed by atoms with Gasteiger partial charge in [0, 0.05) is 23.1 Å². The van der Waals surface area contributed by atoms with Gasteiger partial charge in [0.2, 0.25) is 5.89 Å². The highest BCUT2D eigenvalue weighted by Gasteiger charge is 2.21. The molecule has 0 spiro atoms. The number of ether oxygens (including phenoxy) is 1. The van der Waals surface area contributed by atoms with E-state index in [9.17, 15) is 14.9 Å².